The van der Waals surface area contributed by atoms with Gasteiger partial charge in [0.25, 0.3) is 0 Å². The van der Waals surface area contributed by atoms with Crippen LogP contribution in [0, 0.1) is 0 Å². The Kier molecular flexibility index (Phi) is 4.45. The number of aromatic nitrogens is 3. The van der Waals surface area contributed by atoms with Crippen LogP contribution < -0.4 is 9.47 Å². The fourth-order valence-corrected chi connectivity index (χ4v) is 3.33. The molecule has 0 radical (unpaired) electrons. The molecule has 0 unspecified atom stereocenters. The molecule has 0 saturated carbocycles. The zero-order valence-electron chi connectivity index (χ0n) is 14.3. The van der Waals surface area contributed by atoms with E-state index in [1.165, 1.54) is 11.3 Å². The van der Waals surface area contributed by atoms with Gasteiger partial charge in [0.2, 0.25) is 5.13 Å². The molecule has 130 valence electrons. The third kappa shape index (κ3) is 3.21. The van der Waals surface area contributed by atoms with Crippen molar-refractivity contribution in [2.45, 2.75) is 6.92 Å². The Morgan fingerprint density at radius 2 is 1.88 bits per heavy atom. The number of hydrogen-bond donors (Lipinski definition) is 0. The first-order chi connectivity index (χ1) is 12.8. The van der Waals surface area contributed by atoms with Crippen molar-refractivity contribution in [3.8, 4) is 22.2 Å². The lowest BCUT2D eigenvalue weighted by molar-refractivity contribution is 0.341. The molecule has 0 aromatic heterocycles. The summed E-state index contributed by atoms with van der Waals surface area (Å²) in [5.41, 5.74) is 2.61. The van der Waals surface area contributed by atoms with Gasteiger partial charge in [0.1, 0.15) is 22.2 Å². The van der Waals surface area contributed by atoms with E-state index < -0.39 is 0 Å². The predicted molar refractivity (Wildman–Crippen MR) is 103 cm³/mol. The van der Waals surface area contributed by atoms with Crippen LogP contribution in [0.5, 0.6) is 11.5 Å². The quantitative estimate of drug-likeness (QED) is 0.493. The third-order valence-electron chi connectivity index (χ3n) is 3.82. The maximum absolute atomic E-state index is 5.56. The topological polar surface area (TPSA) is 69.5 Å². The molecule has 26 heavy (non-hydrogen) atoms. The summed E-state index contributed by atoms with van der Waals surface area (Å²) < 4.78 is 10.7. The van der Waals surface area contributed by atoms with Gasteiger partial charge in [-0.1, -0.05) is 11.3 Å². The van der Waals surface area contributed by atoms with Gasteiger partial charge in [0, 0.05) is 11.6 Å². The number of benzene rings is 2. The minimum atomic E-state index is 0.557. The highest BCUT2D eigenvalue weighted by atomic mass is 32.1. The second-order valence-electron chi connectivity index (χ2n) is 5.49. The van der Waals surface area contributed by atoms with Crippen molar-refractivity contribution in [3.05, 3.63) is 48.0 Å². The molecule has 0 spiro atoms. The summed E-state index contributed by atoms with van der Waals surface area (Å²) in [5.74, 6) is 1.62. The molecule has 2 aliphatic heterocycles. The number of fused-ring (bicyclic) bond motifs is 3. The number of aliphatic imine (C=N–C) groups is 1. The molecule has 0 amide bonds. The van der Waals surface area contributed by atoms with Gasteiger partial charge in [-0.2, -0.15) is 0 Å². The van der Waals surface area contributed by atoms with Gasteiger partial charge >= 0.3 is 0 Å². The number of methoxy groups -OCH3 is 1. The van der Waals surface area contributed by atoms with Crippen LogP contribution in [-0.2, 0) is 0 Å². The number of rotatable bonds is 5. The van der Waals surface area contributed by atoms with E-state index in [-0.39, 0.29) is 0 Å². The van der Waals surface area contributed by atoms with Crippen molar-refractivity contribution in [2.24, 2.45) is 4.99 Å². The maximum atomic E-state index is 5.56. The molecule has 0 saturated heterocycles. The lowest BCUT2D eigenvalue weighted by Crippen LogP contribution is -1.90. The van der Waals surface area contributed by atoms with E-state index >= 15 is 0 Å². The van der Waals surface area contributed by atoms with Crippen LogP contribution in [0.4, 0.5) is 5.13 Å². The van der Waals surface area contributed by atoms with Gasteiger partial charge in [-0.15, -0.1) is 10.2 Å². The van der Waals surface area contributed by atoms with E-state index in [0.717, 1.165) is 38.7 Å². The molecule has 0 bridgehead atoms. The molecular formula is C19H16N4O2S. The van der Waals surface area contributed by atoms with Crippen LogP contribution in [0.3, 0.4) is 0 Å². The highest BCUT2D eigenvalue weighted by Gasteiger charge is 2.16. The summed E-state index contributed by atoms with van der Waals surface area (Å²) in [6.07, 6.45) is 1.75. The Bertz CT molecular complexity index is 1040. The van der Waals surface area contributed by atoms with Crippen LogP contribution in [-0.4, -0.2) is 35.1 Å². The van der Waals surface area contributed by atoms with Crippen molar-refractivity contribution in [1.29, 1.82) is 0 Å². The number of hydrogen-bond acceptors (Lipinski definition) is 7. The normalized spacial score (nSPS) is 11.5. The highest BCUT2D eigenvalue weighted by Crippen LogP contribution is 2.36. The van der Waals surface area contributed by atoms with Crippen molar-refractivity contribution < 1.29 is 9.47 Å². The van der Waals surface area contributed by atoms with Crippen molar-refractivity contribution >= 4 is 33.6 Å². The van der Waals surface area contributed by atoms with Crippen LogP contribution in [0.2, 0.25) is 0 Å². The van der Waals surface area contributed by atoms with E-state index in [1.807, 2.05) is 49.4 Å². The van der Waals surface area contributed by atoms with Gasteiger partial charge in [-0.05, 0) is 55.0 Å². The van der Waals surface area contributed by atoms with Crippen molar-refractivity contribution in [1.82, 2.24) is 15.2 Å². The molecule has 0 N–H and O–H groups in total. The Hall–Kier alpha value is -3.06. The summed E-state index contributed by atoms with van der Waals surface area (Å²) in [6, 6.07) is 13.5. The average molecular weight is 364 g/mol. The fraction of sp³-hybridized carbons (Fsp3) is 0.158. The summed E-state index contributed by atoms with van der Waals surface area (Å²) in [7, 11) is 1.64. The Balaban J connectivity index is 1.65. The van der Waals surface area contributed by atoms with Gasteiger partial charge in [-0.3, -0.25) is 0 Å². The molecule has 2 aromatic rings. The summed E-state index contributed by atoms with van der Waals surface area (Å²) in [4.78, 5) is 9.04. The summed E-state index contributed by atoms with van der Waals surface area (Å²) in [6.45, 7) is 2.58. The number of nitrogens with zero attached hydrogens (tertiary/aromatic N) is 4. The highest BCUT2D eigenvalue weighted by molar-refractivity contribution is 7.18. The predicted octanol–water partition coefficient (Wildman–Crippen LogP) is 4.35. The molecule has 2 aliphatic rings. The minimum Gasteiger partial charge on any atom is -0.497 e. The van der Waals surface area contributed by atoms with Gasteiger partial charge in [0.05, 0.1) is 19.2 Å². The molecule has 0 fully saturated rings. The maximum Gasteiger partial charge on any atom is 0.231 e. The molecular weight excluding hydrogens is 348 g/mol. The van der Waals surface area contributed by atoms with Crippen LogP contribution in [0.25, 0.3) is 21.6 Å². The van der Waals surface area contributed by atoms with Crippen LogP contribution in [0.15, 0.2) is 47.5 Å². The van der Waals surface area contributed by atoms with Gasteiger partial charge < -0.3 is 9.47 Å². The number of ether oxygens (including phenoxy) is 2. The summed E-state index contributed by atoms with van der Waals surface area (Å²) in [5, 5.41) is 10.8. The lowest BCUT2D eigenvalue weighted by atomic mass is 10.2. The van der Waals surface area contributed by atoms with E-state index in [4.69, 9.17) is 9.47 Å². The van der Waals surface area contributed by atoms with Crippen LogP contribution >= 0.6 is 11.3 Å². The smallest absolute Gasteiger partial charge is 0.231 e. The molecule has 0 atom stereocenters. The van der Waals surface area contributed by atoms with Crippen molar-refractivity contribution in [3.63, 3.8) is 0 Å². The Morgan fingerprint density at radius 1 is 1.08 bits per heavy atom. The van der Waals surface area contributed by atoms with E-state index in [9.17, 15) is 0 Å². The fourth-order valence-electron chi connectivity index (χ4n) is 2.58. The molecule has 2 aromatic carbocycles. The largest absolute Gasteiger partial charge is 0.497 e. The van der Waals surface area contributed by atoms with Crippen LogP contribution in [0.1, 0.15) is 12.5 Å². The van der Waals surface area contributed by atoms with Crippen molar-refractivity contribution in [2.75, 3.05) is 13.7 Å². The molecule has 0 aliphatic carbocycles. The van der Waals surface area contributed by atoms with Gasteiger partial charge in [0.15, 0.2) is 0 Å². The first-order valence-corrected chi connectivity index (χ1v) is 8.96. The third-order valence-corrected chi connectivity index (χ3v) is 4.67. The van der Waals surface area contributed by atoms with E-state index in [1.54, 1.807) is 13.3 Å². The molecule has 4 rings (SSSR count). The SMILES string of the molecule is CCOc1ccc2nc3sc(/N=C/c4ccc(OC)cc4)nnc-3c2c1. The molecule has 2 heterocycles. The van der Waals surface area contributed by atoms with Gasteiger partial charge in [-0.25, -0.2) is 9.98 Å². The molecule has 6 nitrogen and oxygen atoms in total. The molecule has 7 heteroatoms. The zero-order chi connectivity index (χ0) is 17.9. The average Bonchev–Trinajstić information content (AvgIpc) is 3.04. The minimum absolute atomic E-state index is 0.557. The Labute approximate surface area is 154 Å². The van der Waals surface area contributed by atoms with E-state index in [2.05, 4.69) is 20.2 Å². The van der Waals surface area contributed by atoms with E-state index in [0.29, 0.717) is 11.7 Å². The second-order valence-corrected chi connectivity index (χ2v) is 6.45. The zero-order valence-corrected chi connectivity index (χ0v) is 15.2. The monoisotopic (exact) mass is 364 g/mol. The standard InChI is InChI=1S/C19H16N4O2S/c1-3-25-14-8-9-16-15(10-14)17-18(21-16)26-19(23-22-17)20-11-12-4-6-13(24-2)7-5-12/h4-11H,3H2,1-2H3/b20-11+. The first-order valence-electron chi connectivity index (χ1n) is 8.14. The second kappa shape index (κ2) is 7.05. The Morgan fingerprint density at radius 3 is 2.65 bits per heavy atom. The first kappa shape index (κ1) is 16.4. The summed E-state index contributed by atoms with van der Waals surface area (Å²) >= 11 is 1.41. The lowest BCUT2D eigenvalue weighted by Gasteiger charge is -2.02.